The highest BCUT2D eigenvalue weighted by Gasteiger charge is 2.31. The smallest absolute Gasteiger partial charge is 0.254 e. The van der Waals surface area contributed by atoms with Gasteiger partial charge in [0.1, 0.15) is 24.0 Å². The maximum absolute atomic E-state index is 14.2. The third-order valence-corrected chi connectivity index (χ3v) is 6.72. The third kappa shape index (κ3) is 6.09. The van der Waals surface area contributed by atoms with Crippen molar-refractivity contribution in [2.75, 3.05) is 39.9 Å². The number of benzene rings is 2. The quantitative estimate of drug-likeness (QED) is 0.679. The van der Waals surface area contributed by atoms with E-state index in [-0.39, 0.29) is 12.0 Å². The highest BCUT2D eigenvalue weighted by molar-refractivity contribution is 5.94. The SMILES string of the molecule is CO[C@H]1CCN2C[C@H]1CCCCN(Cc1ccc(F)cc1F)CCOc1cccc(c1)C2=O. The van der Waals surface area contributed by atoms with Crippen molar-refractivity contribution in [3.8, 4) is 5.75 Å². The summed E-state index contributed by atoms with van der Waals surface area (Å²) < 4.78 is 39.2. The van der Waals surface area contributed by atoms with E-state index in [0.717, 1.165) is 38.3 Å². The van der Waals surface area contributed by atoms with Crippen LogP contribution < -0.4 is 4.74 Å². The zero-order valence-corrected chi connectivity index (χ0v) is 19.1. The molecule has 33 heavy (non-hydrogen) atoms. The number of hydrogen-bond acceptors (Lipinski definition) is 4. The fourth-order valence-corrected chi connectivity index (χ4v) is 4.88. The lowest BCUT2D eigenvalue weighted by molar-refractivity contribution is -0.00677. The minimum Gasteiger partial charge on any atom is -0.492 e. The van der Waals surface area contributed by atoms with Gasteiger partial charge in [0.15, 0.2) is 0 Å². The summed E-state index contributed by atoms with van der Waals surface area (Å²) in [6.07, 6.45) is 3.89. The number of hydrogen-bond donors (Lipinski definition) is 0. The number of carbonyl (C=O) groups is 1. The van der Waals surface area contributed by atoms with Crippen LogP contribution in [0.15, 0.2) is 42.5 Å². The van der Waals surface area contributed by atoms with E-state index in [1.807, 2.05) is 23.1 Å². The van der Waals surface area contributed by atoms with Crippen LogP contribution in [-0.4, -0.2) is 61.7 Å². The molecule has 2 aliphatic rings. The molecular formula is C26H32F2N2O3. The number of rotatable bonds is 3. The van der Waals surface area contributed by atoms with Gasteiger partial charge in [-0.25, -0.2) is 8.78 Å². The Bertz CT molecular complexity index is 955. The van der Waals surface area contributed by atoms with Gasteiger partial charge in [-0.3, -0.25) is 9.69 Å². The second kappa shape index (κ2) is 11.1. The fraction of sp³-hybridized carbons (Fsp3) is 0.500. The molecule has 0 N–H and O–H groups in total. The highest BCUT2D eigenvalue weighted by atomic mass is 19.1. The molecule has 2 aliphatic heterocycles. The maximum atomic E-state index is 14.2. The first-order valence-electron chi connectivity index (χ1n) is 11.7. The monoisotopic (exact) mass is 458 g/mol. The van der Waals surface area contributed by atoms with Crippen molar-refractivity contribution in [1.29, 1.82) is 0 Å². The summed E-state index contributed by atoms with van der Waals surface area (Å²) in [5, 5.41) is 0. The summed E-state index contributed by atoms with van der Waals surface area (Å²) in [7, 11) is 1.75. The number of amides is 1. The molecule has 1 fully saturated rings. The highest BCUT2D eigenvalue weighted by Crippen LogP contribution is 2.27. The van der Waals surface area contributed by atoms with Gasteiger partial charge < -0.3 is 14.4 Å². The Morgan fingerprint density at radius 2 is 1.94 bits per heavy atom. The van der Waals surface area contributed by atoms with Crippen LogP contribution in [0.3, 0.4) is 0 Å². The summed E-state index contributed by atoms with van der Waals surface area (Å²) in [5.41, 5.74) is 1.10. The van der Waals surface area contributed by atoms with Crippen LogP contribution in [0.2, 0.25) is 0 Å². The molecule has 2 aromatic carbocycles. The molecule has 2 heterocycles. The molecule has 0 unspecified atom stereocenters. The molecule has 0 aromatic heterocycles. The maximum Gasteiger partial charge on any atom is 0.254 e. The van der Waals surface area contributed by atoms with Crippen LogP contribution in [0.4, 0.5) is 8.78 Å². The van der Waals surface area contributed by atoms with Gasteiger partial charge in [0, 0.05) is 56.4 Å². The Hall–Kier alpha value is -2.51. The molecule has 0 spiro atoms. The van der Waals surface area contributed by atoms with Crippen LogP contribution in [0, 0.1) is 17.6 Å². The van der Waals surface area contributed by atoms with Gasteiger partial charge in [-0.1, -0.05) is 18.6 Å². The normalized spacial score (nSPS) is 22.9. The standard InChI is InChI=1S/C26H32F2N2O3/c1-32-25-10-12-30-18-21(25)5-2-3-11-29(17-20-8-9-22(27)16-24(20)28)13-14-33-23-7-4-6-19(15-23)26(30)31/h4,6-9,15-16,21,25H,2-3,5,10-14,17-18H2,1H3/t21-,25+/m1/s1. The van der Waals surface area contributed by atoms with Crippen LogP contribution in [0.25, 0.3) is 0 Å². The summed E-state index contributed by atoms with van der Waals surface area (Å²) in [4.78, 5) is 17.2. The minimum atomic E-state index is -0.569. The first kappa shape index (κ1) is 23.6. The fourth-order valence-electron chi connectivity index (χ4n) is 4.88. The first-order valence-corrected chi connectivity index (χ1v) is 11.7. The minimum absolute atomic E-state index is 0.0308. The molecule has 1 saturated heterocycles. The molecule has 2 atom stereocenters. The van der Waals surface area contributed by atoms with Crippen LogP contribution in [0.1, 0.15) is 41.6 Å². The molecule has 0 saturated carbocycles. The second-order valence-electron chi connectivity index (χ2n) is 8.96. The van der Waals surface area contributed by atoms with Gasteiger partial charge in [-0.2, -0.15) is 0 Å². The number of halogens is 2. The predicted molar refractivity (Wildman–Crippen MR) is 122 cm³/mol. The van der Waals surface area contributed by atoms with Crippen molar-refractivity contribution in [1.82, 2.24) is 9.80 Å². The van der Waals surface area contributed by atoms with Crippen molar-refractivity contribution in [2.24, 2.45) is 5.92 Å². The Kier molecular flexibility index (Phi) is 7.93. The number of piperidine rings is 1. The average molecular weight is 459 g/mol. The number of methoxy groups -OCH3 is 1. The predicted octanol–water partition coefficient (Wildman–Crippen LogP) is 4.51. The summed E-state index contributed by atoms with van der Waals surface area (Å²) in [6, 6.07) is 11.0. The van der Waals surface area contributed by atoms with Gasteiger partial charge >= 0.3 is 0 Å². The largest absolute Gasteiger partial charge is 0.492 e. The van der Waals surface area contributed by atoms with Crippen molar-refractivity contribution in [3.05, 3.63) is 65.2 Å². The third-order valence-electron chi connectivity index (χ3n) is 6.72. The zero-order valence-electron chi connectivity index (χ0n) is 19.1. The van der Waals surface area contributed by atoms with Gasteiger partial charge in [0.05, 0.1) is 6.10 Å². The molecule has 0 radical (unpaired) electrons. The van der Waals surface area contributed by atoms with E-state index in [0.29, 0.717) is 55.6 Å². The second-order valence-corrected chi connectivity index (χ2v) is 8.96. The Morgan fingerprint density at radius 1 is 1.06 bits per heavy atom. The van der Waals surface area contributed by atoms with Crippen molar-refractivity contribution in [2.45, 2.75) is 38.3 Å². The lowest BCUT2D eigenvalue weighted by atomic mass is 9.89. The number of carbonyl (C=O) groups excluding carboxylic acids is 1. The van der Waals surface area contributed by atoms with Crippen molar-refractivity contribution >= 4 is 5.91 Å². The van der Waals surface area contributed by atoms with E-state index in [2.05, 4.69) is 4.90 Å². The Labute approximate surface area is 194 Å². The molecule has 0 aliphatic carbocycles. The van der Waals surface area contributed by atoms with Gasteiger partial charge in [-0.05, 0) is 50.1 Å². The summed E-state index contributed by atoms with van der Waals surface area (Å²) >= 11 is 0. The summed E-state index contributed by atoms with van der Waals surface area (Å²) in [5.74, 6) is -0.126. The van der Waals surface area contributed by atoms with E-state index in [9.17, 15) is 13.6 Å². The molecule has 5 nitrogen and oxygen atoms in total. The van der Waals surface area contributed by atoms with Crippen molar-refractivity contribution in [3.63, 3.8) is 0 Å². The molecule has 4 bridgehead atoms. The number of nitrogens with zero attached hydrogens (tertiary/aromatic N) is 2. The molecule has 2 aromatic rings. The van der Waals surface area contributed by atoms with Crippen molar-refractivity contribution < 1.29 is 23.0 Å². The van der Waals surface area contributed by atoms with E-state index < -0.39 is 11.6 Å². The van der Waals surface area contributed by atoms with E-state index in [1.54, 1.807) is 13.2 Å². The molecule has 1 amide bonds. The van der Waals surface area contributed by atoms with Gasteiger partial charge in [0.25, 0.3) is 5.91 Å². The van der Waals surface area contributed by atoms with Gasteiger partial charge in [-0.15, -0.1) is 0 Å². The average Bonchev–Trinajstić information content (AvgIpc) is 2.82. The van der Waals surface area contributed by atoms with Crippen LogP contribution in [0.5, 0.6) is 5.75 Å². The molecule has 7 heteroatoms. The van der Waals surface area contributed by atoms with E-state index >= 15 is 0 Å². The van der Waals surface area contributed by atoms with Crippen LogP contribution in [-0.2, 0) is 11.3 Å². The number of fused-ring (bicyclic) bond motifs is 4. The Balaban J connectivity index is 1.51. The first-order chi connectivity index (χ1) is 16.0. The molecule has 4 rings (SSSR count). The number of ether oxygens (including phenoxy) is 2. The Morgan fingerprint density at radius 3 is 2.76 bits per heavy atom. The molecular weight excluding hydrogens is 426 g/mol. The van der Waals surface area contributed by atoms with Gasteiger partial charge in [0.2, 0.25) is 0 Å². The summed E-state index contributed by atoms with van der Waals surface area (Å²) in [6.45, 7) is 3.58. The van der Waals surface area contributed by atoms with E-state index in [4.69, 9.17) is 9.47 Å². The van der Waals surface area contributed by atoms with Crippen LogP contribution >= 0.6 is 0 Å². The van der Waals surface area contributed by atoms with E-state index in [1.165, 1.54) is 12.1 Å². The lowest BCUT2D eigenvalue weighted by Gasteiger charge is -2.38. The molecule has 178 valence electrons. The zero-order chi connectivity index (χ0) is 23.2. The lowest BCUT2D eigenvalue weighted by Crippen LogP contribution is -2.46. The topological polar surface area (TPSA) is 42.0 Å².